The van der Waals surface area contributed by atoms with E-state index in [0.717, 1.165) is 11.1 Å². The molecule has 1 unspecified atom stereocenters. The molecule has 0 bridgehead atoms. The third kappa shape index (κ3) is 33.7. The van der Waals surface area contributed by atoms with Gasteiger partial charge in [0.2, 0.25) is 0 Å². The van der Waals surface area contributed by atoms with Gasteiger partial charge in [-0.25, -0.2) is 0 Å². The van der Waals surface area contributed by atoms with E-state index >= 15 is 0 Å². The fraction of sp³-hybridized carbons (Fsp3) is 0.167. The minimum Gasteiger partial charge on any atom is -1.00 e. The van der Waals surface area contributed by atoms with Crippen LogP contribution in [0.2, 0.25) is 0 Å². The molecule has 0 saturated carbocycles. The summed E-state index contributed by atoms with van der Waals surface area (Å²) in [4.78, 5) is 9.77. The summed E-state index contributed by atoms with van der Waals surface area (Å²) in [5.74, 6) is 32.5. The second kappa shape index (κ2) is 38.9. The average Bonchev–Trinajstić information content (AvgIpc) is 3.00. The maximum absolute atomic E-state index is 9.77. The molecule has 0 spiro atoms. The quantitative estimate of drug-likeness (QED) is 0.171. The summed E-state index contributed by atoms with van der Waals surface area (Å²) in [6.45, 7) is 6.01. The van der Waals surface area contributed by atoms with E-state index in [9.17, 15) is 9.90 Å². The smallest absolute Gasteiger partial charge is 1.00 e. The van der Waals surface area contributed by atoms with Crippen LogP contribution in [0.1, 0.15) is 18.1 Å². The first-order valence-corrected chi connectivity index (χ1v) is 11.6. The fourth-order valence-electron chi connectivity index (χ4n) is 1.92. The summed E-state index contributed by atoms with van der Waals surface area (Å²) in [7, 11) is 0. The van der Waals surface area contributed by atoms with Gasteiger partial charge in [0.25, 0.3) is 0 Å². The van der Waals surface area contributed by atoms with Crippen molar-refractivity contribution in [3.05, 3.63) is 78.7 Å². The van der Waals surface area contributed by atoms with Gasteiger partial charge in [0.05, 0.1) is 0 Å². The number of aliphatic hydroxyl groups is 1. The fourth-order valence-corrected chi connectivity index (χ4v) is 1.92. The minimum absolute atomic E-state index is 0. The number of aldehydes is 1. The van der Waals surface area contributed by atoms with Gasteiger partial charge in [-0.3, -0.25) is 4.79 Å². The second-order valence-electron chi connectivity index (χ2n) is 6.21. The number of ether oxygens (including phenoxy) is 2. The molecule has 0 aliphatic heterocycles. The molecule has 0 aliphatic rings. The minimum atomic E-state index is -1.03. The van der Waals surface area contributed by atoms with Crippen LogP contribution in [0.15, 0.2) is 60.7 Å². The third-order valence-electron chi connectivity index (χ3n) is 3.40. The van der Waals surface area contributed by atoms with Crippen molar-refractivity contribution in [2.45, 2.75) is 13.0 Å². The molecule has 2 rings (SSSR count). The number of hydrogen-bond donors (Lipinski definition) is 1. The Morgan fingerprint density at radius 2 is 1.17 bits per heavy atom. The molecule has 206 valence electrons. The Kier molecular flexibility index (Phi) is 41.4. The van der Waals surface area contributed by atoms with E-state index in [1.54, 1.807) is 6.92 Å². The van der Waals surface area contributed by atoms with Crippen molar-refractivity contribution in [1.29, 1.82) is 0 Å². The molecule has 0 amide bonds. The van der Waals surface area contributed by atoms with E-state index < -0.39 is 6.10 Å². The summed E-state index contributed by atoms with van der Waals surface area (Å²) in [5.41, 5.74) is 1.78. The number of hydrogen-bond acceptors (Lipinski definition) is 4. The molecule has 2 aromatic carbocycles. The number of carbonyl (C=O) groups excluding carboxylic acids is 1. The van der Waals surface area contributed by atoms with E-state index in [0.29, 0.717) is 19.5 Å². The number of carbonyl (C=O) groups is 1. The standard InChI is InChI=1S/C17H12O2.C11H6O.C6H6O.C2H5.BrH.Mg/c1-2-14-19-15-8-13-17(18)12-7-6-11-16-9-4-3-5-10-16;12-10-6-2-5-9-11-7-3-1-4-8-11;1-3-5-7-6-4-2;1-2;;/h1,3-5,9-10,17-18H,14-15H2;1,3-4,7-8,10H;1-2H,5-6H2;1H2,2H3;1H;/q;;;-1;;+2/p-1. The Hall–Kier alpha value is -4.28. The van der Waals surface area contributed by atoms with E-state index in [2.05, 4.69) is 88.6 Å². The average molecular weight is 630 g/mol. The first kappa shape index (κ1) is 44.7. The molecule has 0 saturated heterocycles. The van der Waals surface area contributed by atoms with E-state index in [1.807, 2.05) is 60.7 Å². The Bertz CT molecular complexity index is 1390. The van der Waals surface area contributed by atoms with Crippen LogP contribution in [0.25, 0.3) is 0 Å². The molecular weight excluding hydrogens is 601 g/mol. The van der Waals surface area contributed by atoms with Crippen LogP contribution in [0.4, 0.5) is 0 Å². The maximum atomic E-state index is 9.77. The molecule has 0 heterocycles. The predicted octanol–water partition coefficient (Wildman–Crippen LogP) is 0.0290. The van der Waals surface area contributed by atoms with Crippen molar-refractivity contribution < 1.29 is 36.4 Å². The molecule has 0 radical (unpaired) electrons. The first-order chi connectivity index (χ1) is 19.7. The number of halogens is 1. The summed E-state index contributed by atoms with van der Waals surface area (Å²) in [5, 5.41) is 9.39. The van der Waals surface area contributed by atoms with Crippen LogP contribution in [0.3, 0.4) is 0 Å². The van der Waals surface area contributed by atoms with Gasteiger partial charge in [0, 0.05) is 11.1 Å². The monoisotopic (exact) mass is 628 g/mol. The SMILES string of the molecule is C#CCOCC#C.C#CCOCC#CC(O)C#CC#Cc1ccccc1.O=CC#CC#Cc1ccccc1.[Br-].[CH2-]C.[Mg+2]. The summed E-state index contributed by atoms with van der Waals surface area (Å²) >= 11 is 0. The third-order valence-corrected chi connectivity index (χ3v) is 3.40. The van der Waals surface area contributed by atoms with Crippen LogP contribution >= 0.6 is 0 Å². The number of terminal acetylenes is 3. The van der Waals surface area contributed by atoms with Crippen molar-refractivity contribution in [1.82, 2.24) is 0 Å². The van der Waals surface area contributed by atoms with E-state index in [4.69, 9.17) is 24.0 Å². The van der Waals surface area contributed by atoms with Crippen LogP contribution < -0.4 is 17.0 Å². The van der Waals surface area contributed by atoms with Crippen molar-refractivity contribution in [3.8, 4) is 96.2 Å². The zero-order valence-corrected chi connectivity index (χ0v) is 26.5. The van der Waals surface area contributed by atoms with Gasteiger partial charge in [-0.15, -0.1) is 19.3 Å². The van der Waals surface area contributed by atoms with Crippen molar-refractivity contribution in [2.75, 3.05) is 26.4 Å². The van der Waals surface area contributed by atoms with Gasteiger partial charge in [0.15, 0.2) is 12.4 Å². The summed E-state index contributed by atoms with van der Waals surface area (Å²) in [6.07, 6.45) is 14.1. The Morgan fingerprint density at radius 3 is 1.60 bits per heavy atom. The van der Waals surface area contributed by atoms with Crippen molar-refractivity contribution >= 4 is 29.3 Å². The van der Waals surface area contributed by atoms with Gasteiger partial charge in [-0.2, -0.15) is 6.92 Å². The van der Waals surface area contributed by atoms with Gasteiger partial charge in [-0.1, -0.05) is 77.8 Å². The number of aliphatic hydroxyl groups excluding tert-OH is 1. The molecule has 0 aromatic heterocycles. The zero-order chi connectivity index (χ0) is 29.9. The Morgan fingerprint density at radius 1 is 0.738 bits per heavy atom. The maximum Gasteiger partial charge on any atom is 2.00 e. The molecular formula is C36H29BrMgO4. The van der Waals surface area contributed by atoms with Gasteiger partial charge in [0.1, 0.15) is 26.4 Å². The van der Waals surface area contributed by atoms with Crippen molar-refractivity contribution in [2.24, 2.45) is 0 Å². The van der Waals surface area contributed by atoms with Crippen LogP contribution in [-0.2, 0) is 14.3 Å². The topological polar surface area (TPSA) is 55.8 Å². The molecule has 42 heavy (non-hydrogen) atoms. The van der Waals surface area contributed by atoms with Gasteiger partial charge >= 0.3 is 23.1 Å². The molecule has 1 atom stereocenters. The molecule has 6 heteroatoms. The Labute approximate surface area is 278 Å². The molecule has 4 nitrogen and oxygen atoms in total. The molecule has 0 aliphatic carbocycles. The predicted molar refractivity (Wildman–Crippen MR) is 167 cm³/mol. The first-order valence-electron chi connectivity index (χ1n) is 11.6. The molecule has 0 fully saturated rings. The zero-order valence-electron chi connectivity index (χ0n) is 23.5. The Balaban J connectivity index is -0.000000270. The van der Waals surface area contributed by atoms with Gasteiger partial charge < -0.3 is 38.5 Å². The number of benzene rings is 2. The normalized spacial score (nSPS) is 7.52. The van der Waals surface area contributed by atoms with Crippen LogP contribution in [0.5, 0.6) is 0 Å². The summed E-state index contributed by atoms with van der Waals surface area (Å²) < 4.78 is 9.58. The van der Waals surface area contributed by atoms with E-state index in [-0.39, 0.29) is 53.2 Å². The summed E-state index contributed by atoms with van der Waals surface area (Å²) in [6, 6.07) is 19.0. The van der Waals surface area contributed by atoms with Crippen molar-refractivity contribution in [3.63, 3.8) is 0 Å². The second-order valence-corrected chi connectivity index (χ2v) is 6.21. The molecule has 1 N–H and O–H groups in total. The van der Waals surface area contributed by atoms with Crippen LogP contribution in [-0.4, -0.2) is 67.0 Å². The van der Waals surface area contributed by atoms with Crippen LogP contribution in [0, 0.1) is 103 Å². The largest absolute Gasteiger partial charge is 2.00 e. The molecule has 2 aromatic rings. The van der Waals surface area contributed by atoms with E-state index in [1.165, 1.54) is 0 Å². The van der Waals surface area contributed by atoms with Gasteiger partial charge in [-0.05, 0) is 59.8 Å². The number of rotatable bonds is 4.